The molecule has 1 rings (SSSR count). The molecule has 0 saturated heterocycles. The lowest BCUT2D eigenvalue weighted by Gasteiger charge is -2.35. The minimum Gasteiger partial charge on any atom is -0.385 e. The van der Waals surface area contributed by atoms with Gasteiger partial charge in [0.2, 0.25) is 0 Å². The van der Waals surface area contributed by atoms with Crippen molar-refractivity contribution in [2.24, 2.45) is 0 Å². The van der Waals surface area contributed by atoms with E-state index in [-0.39, 0.29) is 0 Å². The first kappa shape index (κ1) is 22.3. The minimum atomic E-state index is -5.68. The Morgan fingerprint density at radius 3 is 2.00 bits per heavy atom. The molecule has 2 amide bonds. The summed E-state index contributed by atoms with van der Waals surface area (Å²) < 4.78 is 79.7. The first-order valence-corrected chi connectivity index (χ1v) is 9.26. The average molecular weight is 402 g/mol. The number of urea groups is 1. The van der Waals surface area contributed by atoms with Gasteiger partial charge in [-0.25, -0.2) is 9.18 Å². The van der Waals surface area contributed by atoms with Gasteiger partial charge in [0.25, 0.3) is 0 Å². The van der Waals surface area contributed by atoms with Gasteiger partial charge in [0.1, 0.15) is 11.5 Å². The van der Waals surface area contributed by atoms with Crippen LogP contribution in [0.4, 0.5) is 32.6 Å². The van der Waals surface area contributed by atoms with E-state index < -0.39 is 54.5 Å². The molecule has 0 radical (unpaired) electrons. The Hall–Kier alpha value is -1.76. The van der Waals surface area contributed by atoms with Crippen LogP contribution in [0, 0.1) is 5.82 Å². The molecule has 0 aliphatic heterocycles. The van der Waals surface area contributed by atoms with Crippen LogP contribution in [0.15, 0.2) is 24.3 Å². The van der Waals surface area contributed by atoms with E-state index in [1.807, 2.05) is 0 Å². The van der Waals surface area contributed by atoms with E-state index >= 15 is 0 Å². The molecule has 0 fully saturated rings. The molecule has 6 nitrogen and oxygen atoms in total. The highest BCUT2D eigenvalue weighted by Gasteiger charge is 2.70. The Kier molecular flexibility index (Phi) is 7.10. The molecule has 12 heteroatoms. The molecule has 1 aromatic carbocycles. The van der Waals surface area contributed by atoms with Crippen molar-refractivity contribution < 1.29 is 40.6 Å². The highest BCUT2D eigenvalue weighted by molar-refractivity contribution is 6.62. The Labute approximate surface area is 148 Å². The molecule has 0 aliphatic rings. The quantitative estimate of drug-likeness (QED) is 0.327. The van der Waals surface area contributed by atoms with Crippen LogP contribution in [-0.2, 0) is 8.85 Å². The van der Waals surface area contributed by atoms with Crippen molar-refractivity contribution in [2.75, 3.05) is 5.12 Å². The zero-order valence-corrected chi connectivity index (χ0v) is 15.4. The fourth-order valence-electron chi connectivity index (χ4n) is 1.84. The van der Waals surface area contributed by atoms with Crippen molar-refractivity contribution in [2.45, 2.75) is 45.6 Å². The van der Waals surface area contributed by atoms with E-state index in [9.17, 15) is 31.7 Å². The fraction of sp³-hybridized carbons (Fsp3) is 0.500. The maximum Gasteiger partial charge on any atom is 0.601 e. The number of halogens is 5. The maximum atomic E-state index is 14.4. The topological polar surface area (TPSA) is 62.2 Å². The second-order valence-corrected chi connectivity index (χ2v) is 7.99. The summed E-state index contributed by atoms with van der Waals surface area (Å²) in [5, 5.41) is -3.01. The van der Waals surface area contributed by atoms with Crippen molar-refractivity contribution in [1.29, 1.82) is 0 Å². The third-order valence-electron chi connectivity index (χ3n) is 2.82. The summed E-state index contributed by atoms with van der Waals surface area (Å²) >= 11 is 0. The van der Waals surface area contributed by atoms with Crippen LogP contribution in [0.5, 0.6) is 0 Å². The monoisotopic (exact) mass is 402 g/mol. The lowest BCUT2D eigenvalue weighted by Crippen LogP contribution is -2.68. The number of amides is 2. The first-order valence-electron chi connectivity index (χ1n) is 7.49. The summed E-state index contributed by atoms with van der Waals surface area (Å²) in [7, 11) is -5.68. The van der Waals surface area contributed by atoms with E-state index in [1.165, 1.54) is 27.7 Å². The Morgan fingerprint density at radius 2 is 1.58 bits per heavy atom. The molecule has 1 N–H and O–H groups in total. The summed E-state index contributed by atoms with van der Waals surface area (Å²) in [4.78, 5) is 21.8. The highest BCUT2D eigenvalue weighted by atomic mass is 28.4. The fourth-order valence-corrected chi connectivity index (χ4v) is 3.80. The van der Waals surface area contributed by atoms with Gasteiger partial charge in [-0.2, -0.15) is 8.78 Å². The number of benzene rings is 1. The number of alkyl halides is 2. The third kappa shape index (κ3) is 4.69. The summed E-state index contributed by atoms with van der Waals surface area (Å²) in [5.74, 6) is -1.29. The van der Waals surface area contributed by atoms with Gasteiger partial charge in [-0.1, -0.05) is 26.2 Å². The summed E-state index contributed by atoms with van der Waals surface area (Å²) in [6.07, 6.45) is -2.04. The molecule has 0 bridgehead atoms. The number of carbonyl (C=O) groups is 1. The van der Waals surface area contributed by atoms with E-state index in [4.69, 9.17) is 0 Å². The van der Waals surface area contributed by atoms with Crippen molar-refractivity contribution in [3.05, 3.63) is 30.1 Å². The summed E-state index contributed by atoms with van der Waals surface area (Å²) in [6.45, 7) is 5.07. The summed E-state index contributed by atoms with van der Waals surface area (Å²) in [6, 6.07) is 1.17. The van der Waals surface area contributed by atoms with Gasteiger partial charge in [-0.15, -0.1) is 5.12 Å². The minimum absolute atomic E-state index is 0.734. The van der Waals surface area contributed by atoms with Crippen LogP contribution in [0.2, 0.25) is 0 Å². The van der Waals surface area contributed by atoms with Gasteiger partial charge in [0.15, 0.2) is 0 Å². The van der Waals surface area contributed by atoms with Crippen LogP contribution in [0.25, 0.3) is 0 Å². The number of hydrogen-bond acceptors (Lipinski definition) is 4. The largest absolute Gasteiger partial charge is 0.601 e. The lowest BCUT2D eigenvalue weighted by atomic mass is 10.3. The second kappa shape index (κ2) is 8.29. The molecule has 0 unspecified atom stereocenters. The number of hydrogen-bond donors (Lipinski definition) is 1. The van der Waals surface area contributed by atoms with Crippen molar-refractivity contribution in [1.82, 2.24) is 5.12 Å². The van der Waals surface area contributed by atoms with E-state index in [0.717, 1.165) is 24.3 Å². The Morgan fingerprint density at radius 1 is 1.12 bits per heavy atom. The molecule has 0 aliphatic carbocycles. The van der Waals surface area contributed by atoms with Crippen LogP contribution in [0.3, 0.4) is 0 Å². The predicted octanol–water partition coefficient (Wildman–Crippen LogP) is 3.74. The summed E-state index contributed by atoms with van der Waals surface area (Å²) in [5.41, 5.74) is -6.12. The van der Waals surface area contributed by atoms with Gasteiger partial charge in [-0.05, 0) is 39.8 Å². The first-order chi connectivity index (χ1) is 11.8. The Balaban J connectivity index is 3.18. The van der Waals surface area contributed by atoms with E-state index in [0.29, 0.717) is 0 Å². The molecular formula is C14H19F5N2O4Si. The zero-order valence-electron chi connectivity index (χ0n) is 14.4. The number of nitrogens with zero attached hydrogens (tertiary/aromatic N) is 2. The van der Waals surface area contributed by atoms with E-state index in [2.05, 4.69) is 8.85 Å². The van der Waals surface area contributed by atoms with Crippen LogP contribution >= 0.6 is 0 Å². The Bertz CT molecular complexity index is 625. The van der Waals surface area contributed by atoms with Crippen molar-refractivity contribution >= 4 is 20.5 Å². The maximum absolute atomic E-state index is 14.4. The van der Waals surface area contributed by atoms with Crippen LogP contribution in [-0.4, -0.2) is 42.6 Å². The molecule has 0 spiro atoms. The number of carbonyl (C=O) groups excluding carboxylic acids is 1. The smallest absolute Gasteiger partial charge is 0.385 e. The molecule has 0 aromatic heterocycles. The number of rotatable bonds is 7. The van der Waals surface area contributed by atoms with Gasteiger partial charge in [0.05, 0.1) is 0 Å². The van der Waals surface area contributed by atoms with Crippen molar-refractivity contribution in [3.8, 4) is 0 Å². The van der Waals surface area contributed by atoms with Crippen molar-refractivity contribution in [3.63, 3.8) is 0 Å². The molecule has 0 atom stereocenters. The molecule has 1 aromatic rings. The average Bonchev–Trinajstić information content (AvgIpc) is 2.51. The van der Waals surface area contributed by atoms with Gasteiger partial charge in [0, 0.05) is 12.2 Å². The molecule has 0 heterocycles. The van der Waals surface area contributed by atoms with Gasteiger partial charge in [-0.3, -0.25) is 0 Å². The van der Waals surface area contributed by atoms with Crippen LogP contribution in [0.1, 0.15) is 27.7 Å². The van der Waals surface area contributed by atoms with E-state index in [1.54, 1.807) is 0 Å². The number of para-hydroxylation sites is 1. The third-order valence-corrected chi connectivity index (χ3v) is 5.36. The second-order valence-electron chi connectivity index (χ2n) is 5.75. The predicted molar refractivity (Wildman–Crippen MR) is 83.7 cm³/mol. The molecule has 148 valence electrons. The van der Waals surface area contributed by atoms with Gasteiger partial charge < -0.3 is 13.6 Å². The highest BCUT2D eigenvalue weighted by Crippen LogP contribution is 2.35. The molecule has 0 saturated carbocycles. The lowest BCUT2D eigenvalue weighted by molar-refractivity contribution is -0.193. The molecule has 26 heavy (non-hydrogen) atoms. The van der Waals surface area contributed by atoms with Crippen LogP contribution < -0.4 is 5.12 Å². The molecular weight excluding hydrogens is 383 g/mol. The zero-order chi connectivity index (χ0) is 20.3. The van der Waals surface area contributed by atoms with Gasteiger partial charge >= 0.3 is 20.5 Å². The number of anilines is 1. The standard InChI is InChI=1S/C14H19F5N2O4Si/c1-9(2)24-26(23,25-10(3)4)14(16,17)21(19)13(22)20(18)12-8-6-5-7-11(12)15/h5-10,23H,1-4H3. The SMILES string of the molecule is CC(C)O[Si](O)(OC(C)C)C(F)(F)N(F)C(=O)N(F)c1ccccc1F. The normalized spacial score (nSPS) is 12.6.